The first kappa shape index (κ1) is 9.78. The Kier molecular flexibility index (Phi) is 3.07. The molecule has 1 aromatic rings. The van der Waals surface area contributed by atoms with Crippen molar-refractivity contribution in [1.82, 2.24) is 4.98 Å². The molecule has 0 saturated carbocycles. The molecule has 0 N–H and O–H groups in total. The van der Waals surface area contributed by atoms with E-state index in [1.54, 1.807) is 7.11 Å². The van der Waals surface area contributed by atoms with Gasteiger partial charge >= 0.3 is 0 Å². The van der Waals surface area contributed by atoms with E-state index in [0.29, 0.717) is 0 Å². The predicted octanol–water partition coefficient (Wildman–Crippen LogP) is 2.79. The molecule has 0 aliphatic carbocycles. The fraction of sp³-hybridized carbons (Fsp3) is 0.364. The molecule has 2 nitrogen and oxygen atoms in total. The molecule has 0 amide bonds. The van der Waals surface area contributed by atoms with Crippen LogP contribution in [0.1, 0.15) is 25.1 Å². The highest BCUT2D eigenvalue weighted by Gasteiger charge is 2.00. The smallest absolute Gasteiger partial charge is 0.0975 e. The van der Waals surface area contributed by atoms with Gasteiger partial charge < -0.3 is 4.74 Å². The van der Waals surface area contributed by atoms with Gasteiger partial charge in [-0.05, 0) is 32.4 Å². The molecule has 2 heteroatoms. The van der Waals surface area contributed by atoms with E-state index in [2.05, 4.69) is 11.1 Å². The van der Waals surface area contributed by atoms with E-state index in [0.717, 1.165) is 17.0 Å². The van der Waals surface area contributed by atoms with Crippen LogP contribution in [0, 0.1) is 6.92 Å². The van der Waals surface area contributed by atoms with E-state index >= 15 is 0 Å². The quantitative estimate of drug-likeness (QED) is 0.648. The number of nitrogens with zero attached hydrogens (tertiary/aromatic N) is 1. The Morgan fingerprint density at radius 3 is 2.46 bits per heavy atom. The number of hydrogen-bond donors (Lipinski definition) is 0. The van der Waals surface area contributed by atoms with Gasteiger partial charge in [0.25, 0.3) is 0 Å². The minimum Gasteiger partial charge on any atom is -0.501 e. The summed E-state index contributed by atoms with van der Waals surface area (Å²) < 4.78 is 5.14. The van der Waals surface area contributed by atoms with E-state index in [1.165, 1.54) is 5.56 Å². The minimum absolute atomic E-state index is 0.913. The molecular weight excluding hydrogens is 162 g/mol. The number of aromatic nitrogens is 1. The van der Waals surface area contributed by atoms with E-state index in [1.807, 2.05) is 33.0 Å². The number of pyridine rings is 1. The van der Waals surface area contributed by atoms with Crippen molar-refractivity contribution in [2.24, 2.45) is 0 Å². The molecule has 0 unspecified atom stereocenters. The maximum absolute atomic E-state index is 5.14. The van der Waals surface area contributed by atoms with Gasteiger partial charge in [-0.3, -0.25) is 4.98 Å². The molecule has 0 bridgehead atoms. The van der Waals surface area contributed by atoms with Crippen molar-refractivity contribution in [1.29, 1.82) is 0 Å². The summed E-state index contributed by atoms with van der Waals surface area (Å²) in [5, 5.41) is 0. The third-order valence-corrected chi connectivity index (χ3v) is 2.13. The highest BCUT2D eigenvalue weighted by Crippen LogP contribution is 2.15. The van der Waals surface area contributed by atoms with Crippen LogP contribution in [0.4, 0.5) is 0 Å². The molecular formula is C11H15NO. The zero-order chi connectivity index (χ0) is 9.84. The van der Waals surface area contributed by atoms with Gasteiger partial charge in [0, 0.05) is 11.8 Å². The maximum Gasteiger partial charge on any atom is 0.0975 e. The zero-order valence-electron chi connectivity index (χ0n) is 8.59. The van der Waals surface area contributed by atoms with Crippen molar-refractivity contribution in [2.75, 3.05) is 7.11 Å². The van der Waals surface area contributed by atoms with Crippen molar-refractivity contribution < 1.29 is 4.74 Å². The van der Waals surface area contributed by atoms with E-state index in [9.17, 15) is 0 Å². The Bertz CT molecular complexity index is 311. The van der Waals surface area contributed by atoms with Gasteiger partial charge in [0.15, 0.2) is 0 Å². The van der Waals surface area contributed by atoms with Crippen molar-refractivity contribution in [2.45, 2.75) is 20.8 Å². The molecule has 1 rings (SSSR count). The lowest BCUT2D eigenvalue weighted by Gasteiger charge is -2.05. The Balaban J connectivity index is 3.02. The van der Waals surface area contributed by atoms with Crippen molar-refractivity contribution in [3.05, 3.63) is 35.3 Å². The number of ether oxygens (including phenoxy) is 1. The minimum atomic E-state index is 0.913. The molecule has 0 radical (unpaired) electrons. The van der Waals surface area contributed by atoms with Crippen molar-refractivity contribution in [3.63, 3.8) is 0 Å². The number of rotatable bonds is 2. The lowest BCUT2D eigenvalue weighted by atomic mass is 10.1. The standard InChI is InChI=1S/C11H15NO/c1-8-5-6-11(12-7-8)9(2)10(3)13-4/h5-7H,1-4H3/b10-9-. The fourth-order valence-corrected chi connectivity index (χ4v) is 1.02. The van der Waals surface area contributed by atoms with Gasteiger partial charge in [-0.1, -0.05) is 6.07 Å². The predicted molar refractivity (Wildman–Crippen MR) is 54.3 cm³/mol. The largest absolute Gasteiger partial charge is 0.501 e. The molecule has 1 heterocycles. The second-order valence-corrected chi connectivity index (χ2v) is 3.11. The van der Waals surface area contributed by atoms with Crippen LogP contribution in [0.2, 0.25) is 0 Å². The van der Waals surface area contributed by atoms with Gasteiger partial charge in [0.05, 0.1) is 18.6 Å². The molecule has 0 fully saturated rings. The van der Waals surface area contributed by atoms with Gasteiger partial charge in [0.2, 0.25) is 0 Å². The highest BCUT2D eigenvalue weighted by atomic mass is 16.5. The van der Waals surface area contributed by atoms with E-state index in [4.69, 9.17) is 4.74 Å². The van der Waals surface area contributed by atoms with E-state index < -0.39 is 0 Å². The monoisotopic (exact) mass is 177 g/mol. The summed E-state index contributed by atoms with van der Waals surface area (Å²) in [5.74, 6) is 0.913. The van der Waals surface area contributed by atoms with Crippen LogP contribution in [-0.2, 0) is 4.74 Å². The lowest BCUT2D eigenvalue weighted by Crippen LogP contribution is -1.91. The van der Waals surface area contributed by atoms with Crippen LogP contribution in [0.15, 0.2) is 24.1 Å². The molecule has 0 atom stereocenters. The van der Waals surface area contributed by atoms with Crippen LogP contribution in [0.3, 0.4) is 0 Å². The molecule has 0 spiro atoms. The Hall–Kier alpha value is -1.31. The maximum atomic E-state index is 5.14. The summed E-state index contributed by atoms with van der Waals surface area (Å²) in [6, 6.07) is 4.06. The average molecular weight is 177 g/mol. The molecule has 0 saturated heterocycles. The molecule has 0 aliphatic heterocycles. The Labute approximate surface area is 79.3 Å². The fourth-order valence-electron chi connectivity index (χ4n) is 1.02. The first-order valence-electron chi connectivity index (χ1n) is 4.29. The number of aryl methyl sites for hydroxylation is 1. The Morgan fingerprint density at radius 2 is 2.00 bits per heavy atom. The van der Waals surface area contributed by atoms with Crippen LogP contribution >= 0.6 is 0 Å². The lowest BCUT2D eigenvalue weighted by molar-refractivity contribution is 0.295. The average Bonchev–Trinajstić information content (AvgIpc) is 2.17. The summed E-state index contributed by atoms with van der Waals surface area (Å²) in [7, 11) is 1.67. The summed E-state index contributed by atoms with van der Waals surface area (Å²) in [5.41, 5.74) is 3.24. The molecule has 1 aromatic heterocycles. The first-order chi connectivity index (χ1) is 6.15. The molecule has 0 aromatic carbocycles. The topological polar surface area (TPSA) is 22.1 Å². The van der Waals surface area contributed by atoms with Gasteiger partial charge in [-0.15, -0.1) is 0 Å². The zero-order valence-corrected chi connectivity index (χ0v) is 8.59. The normalized spacial score (nSPS) is 12.3. The van der Waals surface area contributed by atoms with Gasteiger partial charge in [0.1, 0.15) is 0 Å². The summed E-state index contributed by atoms with van der Waals surface area (Å²) in [4.78, 5) is 4.31. The van der Waals surface area contributed by atoms with Crippen LogP contribution < -0.4 is 0 Å². The first-order valence-corrected chi connectivity index (χ1v) is 4.29. The number of hydrogen-bond acceptors (Lipinski definition) is 2. The number of methoxy groups -OCH3 is 1. The molecule has 70 valence electrons. The highest BCUT2D eigenvalue weighted by molar-refractivity contribution is 5.62. The van der Waals surface area contributed by atoms with Crippen LogP contribution in [0.5, 0.6) is 0 Å². The molecule has 0 aliphatic rings. The van der Waals surface area contributed by atoms with Gasteiger partial charge in [-0.25, -0.2) is 0 Å². The summed E-state index contributed by atoms with van der Waals surface area (Å²) in [6.45, 7) is 5.98. The molecule has 13 heavy (non-hydrogen) atoms. The second kappa shape index (κ2) is 4.08. The number of allylic oxidation sites excluding steroid dienone is 2. The third-order valence-electron chi connectivity index (χ3n) is 2.13. The SMILES string of the molecule is CO/C(C)=C(/C)c1ccc(C)cn1. The van der Waals surface area contributed by atoms with Crippen molar-refractivity contribution in [3.8, 4) is 0 Å². The van der Waals surface area contributed by atoms with Gasteiger partial charge in [-0.2, -0.15) is 0 Å². The second-order valence-electron chi connectivity index (χ2n) is 3.11. The Morgan fingerprint density at radius 1 is 1.31 bits per heavy atom. The third kappa shape index (κ3) is 2.31. The van der Waals surface area contributed by atoms with Crippen LogP contribution in [-0.4, -0.2) is 12.1 Å². The van der Waals surface area contributed by atoms with E-state index in [-0.39, 0.29) is 0 Å². The summed E-state index contributed by atoms with van der Waals surface area (Å²) in [6.07, 6.45) is 1.86. The van der Waals surface area contributed by atoms with Crippen molar-refractivity contribution >= 4 is 5.57 Å². The summed E-state index contributed by atoms with van der Waals surface area (Å²) >= 11 is 0. The van der Waals surface area contributed by atoms with Crippen LogP contribution in [0.25, 0.3) is 5.57 Å².